The second-order valence-electron chi connectivity index (χ2n) is 8.11. The summed E-state index contributed by atoms with van der Waals surface area (Å²) in [5.41, 5.74) is 1.05. The molecule has 1 aromatic heterocycles. The fourth-order valence-corrected chi connectivity index (χ4v) is 4.56. The van der Waals surface area contributed by atoms with Gasteiger partial charge in [0.25, 0.3) is 5.56 Å². The Kier molecular flexibility index (Phi) is 6.00. The maximum Gasteiger partial charge on any atom is 0.258 e. The van der Waals surface area contributed by atoms with Crippen molar-refractivity contribution >= 4 is 40.9 Å². The summed E-state index contributed by atoms with van der Waals surface area (Å²) < 4.78 is 0. The number of hydrogen-bond acceptors (Lipinski definition) is 5. The van der Waals surface area contributed by atoms with Gasteiger partial charge < -0.3 is 15.5 Å². The van der Waals surface area contributed by atoms with Crippen molar-refractivity contribution < 1.29 is 9.59 Å². The highest BCUT2D eigenvalue weighted by Crippen LogP contribution is 2.32. The number of halogens is 1. The van der Waals surface area contributed by atoms with Gasteiger partial charge in [0.1, 0.15) is 5.82 Å². The van der Waals surface area contributed by atoms with Crippen molar-refractivity contribution in [3.63, 3.8) is 0 Å². The van der Waals surface area contributed by atoms with Crippen molar-refractivity contribution in [2.75, 3.05) is 22.1 Å². The lowest BCUT2D eigenvalue weighted by Crippen LogP contribution is -2.43. The molecule has 0 saturated carbocycles. The number of anilines is 3. The highest BCUT2D eigenvalue weighted by Gasteiger charge is 2.36. The molecule has 2 amide bonds. The quantitative estimate of drug-likeness (QED) is 0.669. The number of rotatable bonds is 4. The van der Waals surface area contributed by atoms with Crippen LogP contribution in [0.4, 0.5) is 17.5 Å². The van der Waals surface area contributed by atoms with Crippen LogP contribution in [0.2, 0.25) is 5.02 Å². The molecule has 3 heterocycles. The zero-order valence-corrected chi connectivity index (χ0v) is 18.4. The zero-order chi connectivity index (χ0) is 22.1. The maximum atomic E-state index is 13.1. The van der Waals surface area contributed by atoms with E-state index >= 15 is 0 Å². The van der Waals surface area contributed by atoms with E-state index in [1.54, 1.807) is 25.1 Å². The van der Waals surface area contributed by atoms with Gasteiger partial charge in [-0.3, -0.25) is 19.4 Å². The Morgan fingerprint density at radius 3 is 2.90 bits per heavy atom. The maximum absolute atomic E-state index is 13.1. The van der Waals surface area contributed by atoms with E-state index < -0.39 is 17.4 Å². The van der Waals surface area contributed by atoms with E-state index in [9.17, 15) is 14.4 Å². The van der Waals surface area contributed by atoms with Crippen LogP contribution in [0.15, 0.2) is 23.0 Å². The molecule has 1 fully saturated rings. The first-order valence-corrected chi connectivity index (χ1v) is 11.0. The van der Waals surface area contributed by atoms with Crippen LogP contribution in [0, 0.1) is 6.92 Å². The highest BCUT2D eigenvalue weighted by atomic mass is 35.5. The molecule has 31 heavy (non-hydrogen) atoms. The topological polar surface area (TPSA) is 107 Å². The predicted molar refractivity (Wildman–Crippen MR) is 121 cm³/mol. The molecule has 4 rings (SSSR count). The van der Waals surface area contributed by atoms with Gasteiger partial charge in [-0.05, 0) is 50.3 Å². The van der Waals surface area contributed by atoms with Gasteiger partial charge in [-0.2, -0.15) is 4.98 Å². The molecule has 164 valence electrons. The lowest BCUT2D eigenvalue weighted by atomic mass is 9.92. The third-order valence-electron chi connectivity index (χ3n) is 6.15. The third-order valence-corrected chi connectivity index (χ3v) is 6.56. The van der Waals surface area contributed by atoms with E-state index in [0.717, 1.165) is 37.8 Å². The molecular formula is C22H26ClN5O3. The summed E-state index contributed by atoms with van der Waals surface area (Å²) in [6.07, 6.45) is 4.02. The number of aromatic nitrogens is 2. The first kappa shape index (κ1) is 21.4. The van der Waals surface area contributed by atoms with Crippen molar-refractivity contribution in [2.45, 2.75) is 57.9 Å². The summed E-state index contributed by atoms with van der Waals surface area (Å²) in [6.45, 7) is 4.70. The average Bonchev–Trinajstić information content (AvgIpc) is 2.75. The molecule has 0 aliphatic carbocycles. The van der Waals surface area contributed by atoms with Crippen LogP contribution in [-0.2, 0) is 9.59 Å². The second kappa shape index (κ2) is 8.70. The van der Waals surface area contributed by atoms with E-state index in [4.69, 9.17) is 11.6 Å². The molecule has 2 aliphatic rings. The number of piperidine rings is 1. The van der Waals surface area contributed by atoms with Gasteiger partial charge in [-0.15, -0.1) is 0 Å². The number of fused-ring (bicyclic) bond motifs is 1. The molecule has 2 atom stereocenters. The Morgan fingerprint density at radius 2 is 2.13 bits per heavy atom. The largest absolute Gasteiger partial charge is 0.339 e. The van der Waals surface area contributed by atoms with E-state index in [2.05, 4.69) is 32.4 Å². The number of benzene rings is 1. The van der Waals surface area contributed by atoms with Gasteiger partial charge >= 0.3 is 0 Å². The molecular weight excluding hydrogens is 418 g/mol. The highest BCUT2D eigenvalue weighted by molar-refractivity contribution is 6.31. The van der Waals surface area contributed by atoms with Gasteiger partial charge in [0.2, 0.25) is 17.8 Å². The normalized spacial score (nSPS) is 20.7. The van der Waals surface area contributed by atoms with E-state index in [1.165, 1.54) is 0 Å². The van der Waals surface area contributed by atoms with Gasteiger partial charge in [0.15, 0.2) is 0 Å². The SMILES string of the molecule is CC[C@H]1CCCCN1c1nc2c(c(=O)[nH]1)[C@@H](C(=O)Nc1cccc(Cl)c1C)CC(=O)N2. The smallest absolute Gasteiger partial charge is 0.258 e. The van der Waals surface area contributed by atoms with E-state index in [0.29, 0.717) is 22.7 Å². The van der Waals surface area contributed by atoms with E-state index in [1.807, 2.05) is 0 Å². The number of nitrogens with zero attached hydrogens (tertiary/aromatic N) is 2. The van der Waals surface area contributed by atoms with Gasteiger partial charge in [0, 0.05) is 29.7 Å². The Morgan fingerprint density at radius 1 is 1.32 bits per heavy atom. The first-order chi connectivity index (χ1) is 14.9. The van der Waals surface area contributed by atoms with Crippen molar-refractivity contribution in [1.29, 1.82) is 0 Å². The number of hydrogen-bond donors (Lipinski definition) is 3. The number of nitrogens with one attached hydrogen (secondary N) is 3. The molecule has 0 radical (unpaired) electrons. The van der Waals surface area contributed by atoms with Gasteiger partial charge in [-0.25, -0.2) is 0 Å². The Bertz CT molecular complexity index is 1080. The summed E-state index contributed by atoms with van der Waals surface area (Å²) in [4.78, 5) is 48.0. The van der Waals surface area contributed by atoms with Crippen LogP contribution in [0.5, 0.6) is 0 Å². The van der Waals surface area contributed by atoms with Gasteiger partial charge in [-0.1, -0.05) is 24.6 Å². The standard InChI is InChI=1S/C22H26ClN5O3/c1-3-13-7-4-5-10-28(13)22-26-19-18(21(31)27-22)14(11-17(29)25-19)20(30)24-16-9-6-8-15(23)12(16)2/h6,8-9,13-14H,3-5,7,10-11H2,1-2H3,(H,24,30)(H2,25,26,27,29,31)/t13-,14-/m0/s1. The van der Waals surface area contributed by atoms with Crippen molar-refractivity contribution in [1.82, 2.24) is 9.97 Å². The Hall–Kier alpha value is -2.87. The number of carbonyl (C=O) groups excluding carboxylic acids is 2. The minimum absolute atomic E-state index is 0.121. The number of aromatic amines is 1. The summed E-state index contributed by atoms with van der Waals surface area (Å²) >= 11 is 6.14. The summed E-state index contributed by atoms with van der Waals surface area (Å²) in [5.74, 6) is -1.10. The van der Waals surface area contributed by atoms with Crippen LogP contribution in [0.1, 0.15) is 56.1 Å². The molecule has 8 nitrogen and oxygen atoms in total. The Labute approximate surface area is 185 Å². The monoisotopic (exact) mass is 443 g/mol. The molecule has 0 unspecified atom stereocenters. The van der Waals surface area contributed by atoms with Gasteiger partial charge in [0.05, 0.1) is 11.5 Å². The summed E-state index contributed by atoms with van der Waals surface area (Å²) in [5, 5.41) is 6.02. The number of H-pyrrole nitrogens is 1. The Balaban J connectivity index is 1.67. The van der Waals surface area contributed by atoms with Crippen LogP contribution in [0.3, 0.4) is 0 Å². The summed E-state index contributed by atoms with van der Waals surface area (Å²) in [7, 11) is 0. The first-order valence-electron chi connectivity index (χ1n) is 10.7. The molecule has 1 aromatic carbocycles. The van der Waals surface area contributed by atoms with E-state index in [-0.39, 0.29) is 23.7 Å². The number of carbonyl (C=O) groups is 2. The molecule has 2 aliphatic heterocycles. The fourth-order valence-electron chi connectivity index (χ4n) is 4.39. The molecule has 3 N–H and O–H groups in total. The van der Waals surface area contributed by atoms with Crippen LogP contribution < -0.4 is 21.1 Å². The minimum Gasteiger partial charge on any atom is -0.339 e. The minimum atomic E-state index is -0.934. The lowest BCUT2D eigenvalue weighted by Gasteiger charge is -2.36. The fraction of sp³-hybridized carbons (Fsp3) is 0.455. The number of amides is 2. The van der Waals surface area contributed by atoms with Crippen molar-refractivity contribution in [2.24, 2.45) is 0 Å². The molecule has 2 aromatic rings. The molecule has 1 saturated heterocycles. The molecule has 0 spiro atoms. The van der Waals surface area contributed by atoms with Crippen molar-refractivity contribution in [3.8, 4) is 0 Å². The summed E-state index contributed by atoms with van der Waals surface area (Å²) in [6, 6.07) is 5.49. The lowest BCUT2D eigenvalue weighted by molar-refractivity contribution is -0.123. The van der Waals surface area contributed by atoms with Crippen molar-refractivity contribution in [3.05, 3.63) is 44.7 Å². The second-order valence-corrected chi connectivity index (χ2v) is 8.52. The zero-order valence-electron chi connectivity index (χ0n) is 17.6. The third kappa shape index (κ3) is 4.17. The van der Waals surface area contributed by atoms with Crippen LogP contribution >= 0.6 is 11.6 Å². The molecule has 0 bridgehead atoms. The molecule has 9 heteroatoms. The van der Waals surface area contributed by atoms with Crippen LogP contribution in [0.25, 0.3) is 0 Å². The predicted octanol–water partition coefficient (Wildman–Crippen LogP) is 3.57. The average molecular weight is 444 g/mol. The van der Waals surface area contributed by atoms with Crippen LogP contribution in [-0.4, -0.2) is 34.4 Å².